The molecule has 0 saturated heterocycles. The van der Waals surface area contributed by atoms with Gasteiger partial charge in [-0.25, -0.2) is 4.79 Å². The van der Waals surface area contributed by atoms with Gasteiger partial charge in [0.2, 0.25) is 0 Å². The van der Waals surface area contributed by atoms with Gasteiger partial charge in [0.15, 0.2) is 5.78 Å². The highest BCUT2D eigenvalue weighted by molar-refractivity contribution is 6.05. The van der Waals surface area contributed by atoms with Crippen LogP contribution in [0.25, 0.3) is 0 Å². The second-order valence-corrected chi connectivity index (χ2v) is 2.15. The average Bonchev–Trinajstić information content (AvgIpc) is 2.37. The van der Waals surface area contributed by atoms with Crippen molar-refractivity contribution in [3.63, 3.8) is 0 Å². The summed E-state index contributed by atoms with van der Waals surface area (Å²) < 4.78 is 4.36. The number of carbonyl (C=O) groups is 2. The molecule has 0 N–H and O–H groups in total. The molecule has 11 heavy (non-hydrogen) atoms. The van der Waals surface area contributed by atoms with Gasteiger partial charge in [0.25, 0.3) is 0 Å². The van der Waals surface area contributed by atoms with Crippen LogP contribution in [-0.4, -0.2) is 18.9 Å². The predicted octanol–water partition coefficient (Wildman–Crippen LogP) is 0.615. The van der Waals surface area contributed by atoms with Crippen LogP contribution in [0.4, 0.5) is 0 Å². The van der Waals surface area contributed by atoms with Gasteiger partial charge in [0.1, 0.15) is 0 Å². The Morgan fingerprint density at radius 1 is 1.73 bits per heavy atom. The van der Waals surface area contributed by atoms with Crippen molar-refractivity contribution < 1.29 is 14.3 Å². The summed E-state index contributed by atoms with van der Waals surface area (Å²) in [5.41, 5.74) is 0.428. The normalized spacial score (nSPS) is 19.4. The molecule has 1 aliphatic carbocycles. The zero-order valence-corrected chi connectivity index (χ0v) is 6.16. The molecule has 3 heteroatoms. The van der Waals surface area contributed by atoms with E-state index in [1.54, 1.807) is 12.2 Å². The molecule has 0 atom stereocenters. The molecule has 0 aromatic carbocycles. The molecule has 0 unspecified atom stereocenters. The van der Waals surface area contributed by atoms with E-state index in [4.69, 9.17) is 0 Å². The molecule has 1 rings (SSSR count). The third kappa shape index (κ3) is 1.77. The third-order valence-electron chi connectivity index (χ3n) is 1.40. The first-order chi connectivity index (χ1) is 5.24. The number of carbonyl (C=O) groups excluding carboxylic acids is 2. The van der Waals surface area contributed by atoms with Gasteiger partial charge in [-0.3, -0.25) is 4.79 Å². The van der Waals surface area contributed by atoms with E-state index in [1.807, 2.05) is 0 Å². The lowest BCUT2D eigenvalue weighted by Gasteiger charge is -1.91. The number of Topliss-reactive ketones (excluding diaryl/α,β-unsaturated/α-hetero) is 1. The van der Waals surface area contributed by atoms with Crippen molar-refractivity contribution in [2.75, 3.05) is 7.11 Å². The molecule has 0 bridgehead atoms. The van der Waals surface area contributed by atoms with Crippen LogP contribution in [-0.2, 0) is 14.3 Å². The molecule has 3 nitrogen and oxygen atoms in total. The predicted molar refractivity (Wildman–Crippen MR) is 38.9 cm³/mol. The Morgan fingerprint density at radius 2 is 2.45 bits per heavy atom. The van der Waals surface area contributed by atoms with E-state index in [2.05, 4.69) is 4.74 Å². The molecule has 0 fully saturated rings. The molecule has 58 valence electrons. The third-order valence-corrected chi connectivity index (χ3v) is 1.40. The number of ether oxygens (including phenoxy) is 1. The summed E-state index contributed by atoms with van der Waals surface area (Å²) in [6, 6.07) is 0. The lowest BCUT2D eigenvalue weighted by atomic mass is 10.2. The minimum absolute atomic E-state index is 0.0320. The van der Waals surface area contributed by atoms with Crippen LogP contribution in [0.5, 0.6) is 0 Å². The van der Waals surface area contributed by atoms with Gasteiger partial charge in [-0.15, -0.1) is 0 Å². The van der Waals surface area contributed by atoms with E-state index < -0.39 is 5.97 Å². The lowest BCUT2D eigenvalue weighted by Crippen LogP contribution is -2.00. The van der Waals surface area contributed by atoms with Crippen LogP contribution >= 0.6 is 0 Å². The van der Waals surface area contributed by atoms with Crippen LogP contribution in [0.15, 0.2) is 23.8 Å². The number of methoxy groups -OCH3 is 1. The molecule has 0 aliphatic heterocycles. The van der Waals surface area contributed by atoms with Crippen molar-refractivity contribution in [2.24, 2.45) is 0 Å². The Kier molecular flexibility index (Phi) is 2.21. The highest BCUT2D eigenvalue weighted by atomic mass is 16.5. The van der Waals surface area contributed by atoms with E-state index in [1.165, 1.54) is 13.2 Å². The van der Waals surface area contributed by atoms with Gasteiger partial charge >= 0.3 is 5.97 Å². The second-order valence-electron chi connectivity index (χ2n) is 2.15. The maximum absolute atomic E-state index is 10.9. The lowest BCUT2D eigenvalue weighted by molar-refractivity contribution is -0.135. The monoisotopic (exact) mass is 152 g/mol. The molecule has 0 radical (unpaired) electrons. The van der Waals surface area contributed by atoms with E-state index in [0.717, 1.165) is 0 Å². The Balaban J connectivity index is 2.73. The summed E-state index contributed by atoms with van der Waals surface area (Å²) in [5, 5.41) is 0. The molecule has 0 heterocycles. The molecular weight excluding hydrogens is 144 g/mol. The van der Waals surface area contributed by atoms with Crippen LogP contribution in [0.1, 0.15) is 6.42 Å². The molecule has 1 aliphatic rings. The Hall–Kier alpha value is -1.38. The second kappa shape index (κ2) is 3.14. The molecule has 0 spiro atoms. The maximum atomic E-state index is 10.9. The van der Waals surface area contributed by atoms with Gasteiger partial charge in [0.05, 0.1) is 7.11 Å². The van der Waals surface area contributed by atoms with Gasteiger partial charge in [-0.05, 0) is 0 Å². The van der Waals surface area contributed by atoms with Gasteiger partial charge in [0, 0.05) is 18.1 Å². The highest BCUT2D eigenvalue weighted by Gasteiger charge is 2.11. The molecular formula is C8H8O3. The first kappa shape index (κ1) is 7.72. The van der Waals surface area contributed by atoms with Crippen molar-refractivity contribution in [3.05, 3.63) is 23.8 Å². The van der Waals surface area contributed by atoms with E-state index in [-0.39, 0.29) is 5.78 Å². The Morgan fingerprint density at radius 3 is 2.91 bits per heavy atom. The van der Waals surface area contributed by atoms with Crippen LogP contribution < -0.4 is 0 Å². The smallest absolute Gasteiger partial charge is 0.331 e. The summed E-state index contributed by atoms with van der Waals surface area (Å²) >= 11 is 0. The van der Waals surface area contributed by atoms with Crippen molar-refractivity contribution >= 4 is 11.8 Å². The van der Waals surface area contributed by atoms with Crippen LogP contribution in [0, 0.1) is 0 Å². The van der Waals surface area contributed by atoms with E-state index in [9.17, 15) is 9.59 Å². The SMILES string of the molecule is COC(=O)/C=C1\C=CCC1=O. The van der Waals surface area contributed by atoms with E-state index >= 15 is 0 Å². The summed E-state index contributed by atoms with van der Waals surface area (Å²) in [6.45, 7) is 0. The minimum atomic E-state index is -0.486. The number of rotatable bonds is 1. The van der Waals surface area contributed by atoms with E-state index in [0.29, 0.717) is 12.0 Å². The van der Waals surface area contributed by atoms with Gasteiger partial charge < -0.3 is 4.74 Å². The fourth-order valence-corrected chi connectivity index (χ4v) is 0.818. The Labute approximate surface area is 64.3 Å². The topological polar surface area (TPSA) is 43.4 Å². The molecule has 0 aromatic rings. The first-order valence-corrected chi connectivity index (χ1v) is 3.23. The number of hydrogen-bond donors (Lipinski definition) is 0. The highest BCUT2D eigenvalue weighted by Crippen LogP contribution is 2.11. The molecule has 0 saturated carbocycles. The molecule has 0 aromatic heterocycles. The fourth-order valence-electron chi connectivity index (χ4n) is 0.818. The standard InChI is InChI=1S/C8H8O3/c1-11-8(10)5-6-3-2-4-7(6)9/h2-3,5H,4H2,1H3/b6-5+. The maximum Gasteiger partial charge on any atom is 0.331 e. The number of allylic oxidation sites excluding steroid dienone is 3. The van der Waals surface area contributed by atoms with Crippen molar-refractivity contribution in [2.45, 2.75) is 6.42 Å². The number of esters is 1. The summed E-state index contributed by atoms with van der Waals surface area (Å²) in [4.78, 5) is 21.5. The average molecular weight is 152 g/mol. The van der Waals surface area contributed by atoms with Crippen LogP contribution in [0.3, 0.4) is 0 Å². The fraction of sp³-hybridized carbons (Fsp3) is 0.250. The zero-order chi connectivity index (χ0) is 8.27. The van der Waals surface area contributed by atoms with Crippen molar-refractivity contribution in [1.82, 2.24) is 0 Å². The summed E-state index contributed by atoms with van der Waals surface area (Å²) in [6.07, 6.45) is 4.94. The quantitative estimate of drug-likeness (QED) is 0.408. The summed E-state index contributed by atoms with van der Waals surface area (Å²) in [5.74, 6) is -0.518. The largest absolute Gasteiger partial charge is 0.466 e. The summed E-state index contributed by atoms with van der Waals surface area (Å²) in [7, 11) is 1.28. The Bertz CT molecular complexity index is 248. The first-order valence-electron chi connectivity index (χ1n) is 3.23. The van der Waals surface area contributed by atoms with Crippen LogP contribution in [0.2, 0.25) is 0 Å². The van der Waals surface area contributed by atoms with Gasteiger partial charge in [-0.2, -0.15) is 0 Å². The number of ketones is 1. The van der Waals surface area contributed by atoms with Crippen molar-refractivity contribution in [1.29, 1.82) is 0 Å². The van der Waals surface area contributed by atoms with Crippen molar-refractivity contribution in [3.8, 4) is 0 Å². The number of hydrogen-bond acceptors (Lipinski definition) is 3. The molecule has 0 amide bonds. The van der Waals surface area contributed by atoms with Gasteiger partial charge in [-0.1, -0.05) is 12.2 Å². The minimum Gasteiger partial charge on any atom is -0.466 e. The zero-order valence-electron chi connectivity index (χ0n) is 6.16.